The van der Waals surface area contributed by atoms with Crippen molar-refractivity contribution in [3.63, 3.8) is 0 Å². The number of nitro benzene ring substituents is 1. The van der Waals surface area contributed by atoms with Gasteiger partial charge in [0.25, 0.3) is 5.69 Å². The zero-order valence-electron chi connectivity index (χ0n) is 12.7. The van der Waals surface area contributed by atoms with Gasteiger partial charge in [-0.2, -0.15) is 0 Å². The number of nitrogens with one attached hydrogen (secondary N) is 1. The average molecular weight is 348 g/mol. The Bertz CT molecular complexity index is 835. The fraction of sp³-hybridized carbons (Fsp3) is 0.188. The molecule has 126 valence electrons. The van der Waals surface area contributed by atoms with Gasteiger partial charge < -0.3 is 5.32 Å². The molecule has 0 aromatic heterocycles. The molecule has 0 bridgehead atoms. The molecule has 7 nitrogen and oxygen atoms in total. The number of hydrogen-bond acceptors (Lipinski definition) is 5. The number of hydrogen-bond donors (Lipinski definition) is 1. The Hall–Kier alpha value is -2.74. The van der Waals surface area contributed by atoms with Crippen molar-refractivity contribution < 1.29 is 18.1 Å². The molecule has 2 rings (SSSR count). The van der Waals surface area contributed by atoms with E-state index in [9.17, 15) is 23.3 Å². The molecule has 0 saturated heterocycles. The molecule has 0 saturated carbocycles. The Labute approximate surface area is 139 Å². The lowest BCUT2D eigenvalue weighted by Gasteiger charge is -2.07. The lowest BCUT2D eigenvalue weighted by Crippen LogP contribution is -2.30. The summed E-state index contributed by atoms with van der Waals surface area (Å²) in [5.41, 5.74) is 0.149. The molecular weight excluding hydrogens is 332 g/mol. The van der Waals surface area contributed by atoms with Crippen LogP contribution in [0.2, 0.25) is 0 Å². The van der Waals surface area contributed by atoms with Crippen molar-refractivity contribution >= 4 is 21.4 Å². The molecule has 8 heteroatoms. The maximum atomic E-state index is 12.1. The minimum absolute atomic E-state index is 0.0588. The van der Waals surface area contributed by atoms with E-state index in [2.05, 4.69) is 5.32 Å². The highest BCUT2D eigenvalue weighted by atomic mass is 32.2. The second-order valence-corrected chi connectivity index (χ2v) is 7.15. The van der Waals surface area contributed by atoms with Crippen LogP contribution in [0.1, 0.15) is 5.56 Å². The predicted octanol–water partition coefficient (Wildman–Crippen LogP) is 1.73. The summed E-state index contributed by atoms with van der Waals surface area (Å²) < 4.78 is 24.1. The van der Waals surface area contributed by atoms with Crippen LogP contribution in [-0.4, -0.2) is 31.5 Å². The van der Waals surface area contributed by atoms with Gasteiger partial charge in [-0.3, -0.25) is 14.9 Å². The summed E-state index contributed by atoms with van der Waals surface area (Å²) in [6.45, 7) is -0.0588. The standard InChI is InChI=1S/C16H16N2O5S/c19-16(12-13-6-4-5-9-15(13)18(20)21)17-10-11-24(22,23)14-7-2-1-3-8-14/h1-9H,10-12H2,(H,17,19). The fourth-order valence-electron chi connectivity index (χ4n) is 2.14. The third-order valence-corrected chi connectivity index (χ3v) is 5.07. The second-order valence-electron chi connectivity index (χ2n) is 5.04. The van der Waals surface area contributed by atoms with E-state index in [-0.39, 0.29) is 34.9 Å². The van der Waals surface area contributed by atoms with Crippen LogP contribution in [0.3, 0.4) is 0 Å². The summed E-state index contributed by atoms with van der Waals surface area (Å²) >= 11 is 0. The number of sulfone groups is 1. The summed E-state index contributed by atoms with van der Waals surface area (Å²) in [7, 11) is -3.47. The van der Waals surface area contributed by atoms with Crippen LogP contribution in [0.15, 0.2) is 59.5 Å². The van der Waals surface area contributed by atoms with E-state index in [1.54, 1.807) is 24.3 Å². The molecule has 1 N–H and O–H groups in total. The number of para-hydroxylation sites is 1. The first kappa shape index (κ1) is 17.6. The normalized spacial score (nSPS) is 11.0. The first-order valence-corrected chi connectivity index (χ1v) is 8.82. The van der Waals surface area contributed by atoms with Crippen LogP contribution in [0.5, 0.6) is 0 Å². The van der Waals surface area contributed by atoms with Crippen molar-refractivity contribution in [2.45, 2.75) is 11.3 Å². The van der Waals surface area contributed by atoms with Gasteiger partial charge in [0.15, 0.2) is 9.84 Å². The Morgan fingerprint density at radius 3 is 2.33 bits per heavy atom. The van der Waals surface area contributed by atoms with E-state index in [0.717, 1.165) is 0 Å². The third-order valence-electron chi connectivity index (χ3n) is 3.33. The quantitative estimate of drug-likeness (QED) is 0.606. The van der Waals surface area contributed by atoms with Crippen molar-refractivity contribution in [2.75, 3.05) is 12.3 Å². The summed E-state index contributed by atoms with van der Waals surface area (Å²) in [5, 5.41) is 13.4. The summed E-state index contributed by atoms with van der Waals surface area (Å²) in [4.78, 5) is 22.4. The van der Waals surface area contributed by atoms with Crippen LogP contribution >= 0.6 is 0 Å². The molecular formula is C16H16N2O5S. The van der Waals surface area contributed by atoms with Crippen LogP contribution in [0, 0.1) is 10.1 Å². The zero-order chi connectivity index (χ0) is 17.6. The molecule has 0 radical (unpaired) electrons. The SMILES string of the molecule is O=C(Cc1ccccc1[N+](=O)[O-])NCCS(=O)(=O)c1ccccc1. The first-order chi connectivity index (χ1) is 11.4. The fourth-order valence-corrected chi connectivity index (χ4v) is 3.32. The summed E-state index contributed by atoms with van der Waals surface area (Å²) in [6.07, 6.45) is -0.178. The number of nitrogens with zero attached hydrogens (tertiary/aromatic N) is 1. The van der Waals surface area contributed by atoms with Crippen LogP contribution in [0.4, 0.5) is 5.69 Å². The highest BCUT2D eigenvalue weighted by molar-refractivity contribution is 7.91. The molecule has 0 unspecified atom stereocenters. The van der Waals surface area contributed by atoms with Gasteiger partial charge >= 0.3 is 0 Å². The molecule has 0 aliphatic rings. The molecule has 2 aromatic rings. The number of amides is 1. The average Bonchev–Trinajstić information content (AvgIpc) is 2.56. The molecule has 2 aromatic carbocycles. The van der Waals surface area contributed by atoms with Gasteiger partial charge in [0, 0.05) is 18.2 Å². The molecule has 0 heterocycles. The topological polar surface area (TPSA) is 106 Å². The van der Waals surface area contributed by atoms with E-state index in [1.807, 2.05) is 0 Å². The number of carbonyl (C=O) groups is 1. The second kappa shape index (κ2) is 7.69. The first-order valence-electron chi connectivity index (χ1n) is 7.17. The predicted molar refractivity (Wildman–Crippen MR) is 88.3 cm³/mol. The summed E-state index contributed by atoms with van der Waals surface area (Å²) in [6, 6.07) is 13.9. The monoisotopic (exact) mass is 348 g/mol. The molecule has 0 aliphatic carbocycles. The van der Waals surface area contributed by atoms with Crippen LogP contribution in [0.25, 0.3) is 0 Å². The Morgan fingerprint density at radius 2 is 1.67 bits per heavy atom. The maximum Gasteiger partial charge on any atom is 0.273 e. The Balaban J connectivity index is 1.92. The largest absolute Gasteiger partial charge is 0.355 e. The number of nitro groups is 1. The number of carbonyl (C=O) groups excluding carboxylic acids is 1. The van der Waals surface area contributed by atoms with Gasteiger partial charge in [-0.05, 0) is 12.1 Å². The van der Waals surface area contributed by atoms with Crippen molar-refractivity contribution in [3.8, 4) is 0 Å². The van der Waals surface area contributed by atoms with E-state index in [1.165, 1.54) is 30.3 Å². The van der Waals surface area contributed by atoms with Crippen LogP contribution < -0.4 is 5.32 Å². The Kier molecular flexibility index (Phi) is 5.64. The molecule has 1 amide bonds. The van der Waals surface area contributed by atoms with Gasteiger partial charge in [0.2, 0.25) is 5.91 Å². The molecule has 0 atom stereocenters. The lowest BCUT2D eigenvalue weighted by atomic mass is 10.1. The molecule has 0 aliphatic heterocycles. The van der Waals surface area contributed by atoms with E-state index < -0.39 is 20.7 Å². The molecule has 24 heavy (non-hydrogen) atoms. The van der Waals surface area contributed by atoms with Gasteiger partial charge in [-0.1, -0.05) is 36.4 Å². The van der Waals surface area contributed by atoms with Gasteiger partial charge in [-0.25, -0.2) is 8.42 Å². The van der Waals surface area contributed by atoms with E-state index in [0.29, 0.717) is 0 Å². The molecule has 0 fully saturated rings. The van der Waals surface area contributed by atoms with Crippen molar-refractivity contribution in [2.24, 2.45) is 0 Å². The number of benzene rings is 2. The third kappa shape index (κ3) is 4.63. The highest BCUT2D eigenvalue weighted by Crippen LogP contribution is 2.18. The smallest absolute Gasteiger partial charge is 0.273 e. The Morgan fingerprint density at radius 1 is 1.04 bits per heavy atom. The van der Waals surface area contributed by atoms with Crippen molar-refractivity contribution in [1.82, 2.24) is 5.32 Å². The summed E-state index contributed by atoms with van der Waals surface area (Å²) in [5.74, 6) is -0.702. The van der Waals surface area contributed by atoms with Crippen molar-refractivity contribution in [1.29, 1.82) is 0 Å². The maximum absolute atomic E-state index is 12.1. The van der Waals surface area contributed by atoms with E-state index in [4.69, 9.17) is 0 Å². The van der Waals surface area contributed by atoms with Crippen LogP contribution in [-0.2, 0) is 21.1 Å². The van der Waals surface area contributed by atoms with Gasteiger partial charge in [0.1, 0.15) is 0 Å². The van der Waals surface area contributed by atoms with E-state index >= 15 is 0 Å². The lowest BCUT2D eigenvalue weighted by molar-refractivity contribution is -0.385. The van der Waals surface area contributed by atoms with Gasteiger partial charge in [0.05, 0.1) is 22.0 Å². The minimum Gasteiger partial charge on any atom is -0.355 e. The molecule has 0 spiro atoms. The zero-order valence-corrected chi connectivity index (χ0v) is 13.5. The minimum atomic E-state index is -3.47. The highest BCUT2D eigenvalue weighted by Gasteiger charge is 2.17. The number of rotatable bonds is 7. The van der Waals surface area contributed by atoms with Gasteiger partial charge in [-0.15, -0.1) is 0 Å². The van der Waals surface area contributed by atoms with Crippen molar-refractivity contribution in [3.05, 3.63) is 70.3 Å².